The van der Waals surface area contributed by atoms with Crippen molar-refractivity contribution in [1.82, 2.24) is 4.90 Å². The molecule has 9 aromatic rings. The van der Waals surface area contributed by atoms with Crippen molar-refractivity contribution < 1.29 is 26.3 Å². The maximum atomic E-state index is 14.6. The summed E-state index contributed by atoms with van der Waals surface area (Å²) in [6.07, 6.45) is 0. The van der Waals surface area contributed by atoms with Gasteiger partial charge in [-0.2, -0.15) is 30.0 Å². The summed E-state index contributed by atoms with van der Waals surface area (Å²) >= 11 is 0. The van der Waals surface area contributed by atoms with Gasteiger partial charge in [-0.25, -0.2) is 31.2 Å². The van der Waals surface area contributed by atoms with E-state index in [1.165, 1.54) is 77.7 Å². The van der Waals surface area contributed by atoms with Crippen molar-refractivity contribution in [2.45, 2.75) is 0 Å². The van der Waals surface area contributed by atoms with Gasteiger partial charge >= 0.3 is 0 Å². The van der Waals surface area contributed by atoms with Gasteiger partial charge in [-0.3, -0.25) is 0 Å². The summed E-state index contributed by atoms with van der Waals surface area (Å²) < 4.78 is 87.8. The molecule has 0 unspecified atom stereocenters. The van der Waals surface area contributed by atoms with Crippen molar-refractivity contribution in [3.63, 3.8) is 0 Å². The lowest BCUT2D eigenvalue weighted by atomic mass is 10.1. The summed E-state index contributed by atoms with van der Waals surface area (Å²) in [6.45, 7) is 0. The largest absolute Gasteiger partial charge is 0.310 e. The molecule has 3 aliphatic heterocycles. The second-order valence-corrected chi connectivity index (χ2v) is 17.4. The van der Waals surface area contributed by atoms with Gasteiger partial charge in [0.15, 0.2) is 17.5 Å². The molecule has 0 amide bonds. The Bertz CT molecular complexity index is 3390. The third-order valence-electron chi connectivity index (χ3n) is 12.4. The fourth-order valence-electron chi connectivity index (χ4n) is 8.99. The van der Waals surface area contributed by atoms with Crippen LogP contribution in [0.2, 0.25) is 0 Å². The monoisotopic (exact) mass is 1010 g/mol. The Morgan fingerprint density at radius 3 is 0.645 bits per heavy atom. The first-order chi connectivity index (χ1) is 37.1. The Hall–Kier alpha value is -10.2. The van der Waals surface area contributed by atoms with E-state index in [1.54, 1.807) is 160 Å². The molecule has 0 saturated carbocycles. The fourth-order valence-corrected chi connectivity index (χ4v) is 8.99. The number of amidine groups is 3. The summed E-state index contributed by atoms with van der Waals surface area (Å²) in [4.78, 5) is 36.2. The third kappa shape index (κ3) is 9.37. The molecule has 0 aromatic heterocycles. The number of hydrogen-bond acceptors (Lipinski definition) is 10. The van der Waals surface area contributed by atoms with Gasteiger partial charge in [-0.1, -0.05) is 36.4 Å². The molecule has 0 atom stereocenters. The Balaban J connectivity index is 0.945. The van der Waals surface area contributed by atoms with E-state index in [4.69, 9.17) is 30.0 Å². The molecule has 0 spiro atoms. The van der Waals surface area contributed by atoms with Crippen molar-refractivity contribution in [3.8, 4) is 0 Å². The molecular weight excluding hydrogens is 975 g/mol. The predicted octanol–water partition coefficient (Wildman–Crippen LogP) is 15.0. The molecule has 12 rings (SSSR count). The summed E-state index contributed by atoms with van der Waals surface area (Å²) in [5.74, 6) is -1.62. The van der Waals surface area contributed by atoms with E-state index < -0.39 is 34.9 Å². The standard InChI is InChI=1S/C60H36F6N10/c61-40-7-1-13-49(31-40)73(50-14-2-8-41(62)32-50)46-25-19-37(20-26-46)55-67-58-69-56(38-21-27-47(28-22-38)74(51-15-3-9-42(63)33-51)52-16-4-10-43(64)34-52)71-60-72-57(70-59(68-55)76(58)60)39-23-29-48(30-24-39)75(53-17-5-11-44(65)35-53)54-18-6-12-45(66)36-54/h1-36H. The van der Waals surface area contributed by atoms with E-state index >= 15 is 0 Å². The number of guanidine groups is 3. The Morgan fingerprint density at radius 2 is 0.447 bits per heavy atom. The number of aliphatic imine (C=N–C) groups is 6. The highest BCUT2D eigenvalue weighted by atomic mass is 19.1. The average molecular weight is 1010 g/mol. The van der Waals surface area contributed by atoms with Gasteiger partial charge in [0.1, 0.15) is 34.9 Å². The van der Waals surface area contributed by atoms with E-state index in [0.29, 0.717) is 67.9 Å². The van der Waals surface area contributed by atoms with Crippen molar-refractivity contribution in [2.24, 2.45) is 30.0 Å². The maximum absolute atomic E-state index is 14.6. The third-order valence-corrected chi connectivity index (χ3v) is 12.4. The molecule has 9 aromatic carbocycles. The SMILES string of the molecule is Fc1cccc(N(c2ccc(C3=NC4=NC(c5ccc(N(c6cccc(F)c6)c6cccc(F)c6)cc5)=NC5=NC(c6ccc(N(c7cccc(F)c7)c7cccc(F)c7)cc6)=NC(=N3)N45)cc2)c2cccc(F)c2)c1. The molecule has 16 heteroatoms. The zero-order valence-corrected chi connectivity index (χ0v) is 39.5. The Labute approximate surface area is 430 Å². The van der Waals surface area contributed by atoms with Gasteiger partial charge in [0, 0.05) is 67.9 Å². The van der Waals surface area contributed by atoms with Gasteiger partial charge in [-0.15, -0.1) is 0 Å². The van der Waals surface area contributed by atoms with Crippen molar-refractivity contribution in [1.29, 1.82) is 0 Å². The maximum Gasteiger partial charge on any atom is 0.243 e. The number of rotatable bonds is 12. The van der Waals surface area contributed by atoms with Crippen LogP contribution >= 0.6 is 0 Å². The molecule has 10 nitrogen and oxygen atoms in total. The number of halogens is 6. The predicted molar refractivity (Wildman–Crippen MR) is 287 cm³/mol. The van der Waals surface area contributed by atoms with Crippen LogP contribution in [0.5, 0.6) is 0 Å². The number of anilines is 9. The average Bonchev–Trinajstić information content (AvgIpc) is 3.48. The first-order valence-corrected chi connectivity index (χ1v) is 23.6. The molecule has 0 N–H and O–H groups in total. The Kier molecular flexibility index (Phi) is 12.1. The summed E-state index contributed by atoms with van der Waals surface area (Å²) in [7, 11) is 0. The van der Waals surface area contributed by atoms with Crippen molar-refractivity contribution in [3.05, 3.63) is 270 Å². The number of hydrogen-bond donors (Lipinski definition) is 0. The van der Waals surface area contributed by atoms with Crippen LogP contribution in [0.15, 0.2) is 248 Å². The van der Waals surface area contributed by atoms with Gasteiger partial charge in [-0.05, 0) is 182 Å². The van der Waals surface area contributed by atoms with Crippen LogP contribution in [0, 0.1) is 34.9 Å². The van der Waals surface area contributed by atoms with Crippen LogP contribution in [0.25, 0.3) is 0 Å². The van der Waals surface area contributed by atoms with Crippen molar-refractivity contribution in [2.75, 3.05) is 14.7 Å². The van der Waals surface area contributed by atoms with E-state index in [-0.39, 0.29) is 35.4 Å². The van der Waals surface area contributed by atoms with Crippen LogP contribution in [0.4, 0.5) is 77.5 Å². The zero-order valence-electron chi connectivity index (χ0n) is 39.5. The normalized spacial score (nSPS) is 13.6. The quantitative estimate of drug-likeness (QED) is 0.114. The highest BCUT2D eigenvalue weighted by Gasteiger charge is 2.36. The topological polar surface area (TPSA) is 87.1 Å². The first kappa shape index (κ1) is 46.8. The molecule has 0 bridgehead atoms. The minimum Gasteiger partial charge on any atom is -0.310 e. The summed E-state index contributed by atoms with van der Waals surface area (Å²) in [6, 6.07) is 57.4. The highest BCUT2D eigenvalue weighted by molar-refractivity contribution is 6.34. The lowest BCUT2D eigenvalue weighted by Crippen LogP contribution is -2.48. The van der Waals surface area contributed by atoms with Gasteiger partial charge < -0.3 is 14.7 Å². The first-order valence-electron chi connectivity index (χ1n) is 23.6. The van der Waals surface area contributed by atoms with Gasteiger partial charge in [0.05, 0.1) is 0 Å². The number of benzene rings is 9. The second-order valence-electron chi connectivity index (χ2n) is 17.4. The van der Waals surface area contributed by atoms with Crippen LogP contribution in [0.1, 0.15) is 16.7 Å². The molecule has 3 heterocycles. The van der Waals surface area contributed by atoms with Gasteiger partial charge in [0.2, 0.25) is 17.9 Å². The van der Waals surface area contributed by atoms with E-state index in [0.717, 1.165) is 0 Å². The molecule has 3 aliphatic rings. The molecule has 0 saturated heterocycles. The summed E-state index contributed by atoms with van der Waals surface area (Å²) in [5, 5.41) is 0. The van der Waals surface area contributed by atoms with Gasteiger partial charge in [0.25, 0.3) is 0 Å². The minimum absolute atomic E-state index is 0.151. The van der Waals surface area contributed by atoms with Crippen LogP contribution < -0.4 is 14.7 Å². The molecule has 368 valence electrons. The number of nitrogens with zero attached hydrogens (tertiary/aromatic N) is 10. The second kappa shape index (κ2) is 19.7. The van der Waals surface area contributed by atoms with E-state index in [1.807, 2.05) is 0 Å². The van der Waals surface area contributed by atoms with E-state index in [2.05, 4.69) is 0 Å². The van der Waals surface area contributed by atoms with Crippen LogP contribution in [-0.2, 0) is 0 Å². The van der Waals surface area contributed by atoms with Crippen LogP contribution in [0.3, 0.4) is 0 Å². The lowest BCUT2D eigenvalue weighted by Gasteiger charge is -2.31. The smallest absolute Gasteiger partial charge is 0.243 e. The fraction of sp³-hybridized carbons (Fsp3) is 0. The van der Waals surface area contributed by atoms with Crippen LogP contribution in [-0.4, -0.2) is 40.3 Å². The lowest BCUT2D eigenvalue weighted by molar-refractivity contribution is 0.626. The molecule has 0 fully saturated rings. The minimum atomic E-state index is -0.463. The molecule has 76 heavy (non-hydrogen) atoms. The zero-order chi connectivity index (χ0) is 51.9. The van der Waals surface area contributed by atoms with Crippen molar-refractivity contribution >= 4 is 86.6 Å². The summed E-state index contributed by atoms with van der Waals surface area (Å²) in [5.41, 5.74) is 6.26. The molecular formula is C60H36F6N10. The Morgan fingerprint density at radius 1 is 0.237 bits per heavy atom. The highest BCUT2D eigenvalue weighted by Crippen LogP contribution is 2.39. The van der Waals surface area contributed by atoms with E-state index in [9.17, 15) is 26.3 Å². The molecule has 0 radical (unpaired) electrons. The molecule has 0 aliphatic carbocycles.